The van der Waals surface area contributed by atoms with E-state index in [0.29, 0.717) is 22.9 Å². The summed E-state index contributed by atoms with van der Waals surface area (Å²) in [5.41, 5.74) is 0.439. The number of carbonyl (C=O) groups is 2. The standard InChI is InChI=1S/C19H17ClN2O4/c1-2-19(13-4-6-14(20)7-5-13)17(23)22(18(24)21-19)10-12-3-8-15-16(9-12)26-11-25-15/h3-9H,2,10-11H2,1H3,(H,21,24). The zero-order chi connectivity index (χ0) is 18.3. The van der Waals surface area contributed by atoms with Crippen molar-refractivity contribution < 1.29 is 19.1 Å². The Hall–Kier alpha value is -2.73. The minimum atomic E-state index is -1.07. The molecule has 0 spiro atoms. The first-order chi connectivity index (χ1) is 12.5. The van der Waals surface area contributed by atoms with Gasteiger partial charge < -0.3 is 14.8 Å². The summed E-state index contributed by atoms with van der Waals surface area (Å²) in [6.07, 6.45) is 0.441. The number of imide groups is 1. The third kappa shape index (κ3) is 2.57. The lowest BCUT2D eigenvalue weighted by Crippen LogP contribution is -2.43. The normalized spacial score (nSPS) is 21.2. The molecule has 1 saturated heterocycles. The van der Waals surface area contributed by atoms with Crippen LogP contribution in [0.25, 0.3) is 0 Å². The summed E-state index contributed by atoms with van der Waals surface area (Å²) in [6, 6.07) is 12.0. The number of ether oxygens (including phenoxy) is 2. The Labute approximate surface area is 155 Å². The van der Waals surface area contributed by atoms with Gasteiger partial charge in [0.05, 0.1) is 6.54 Å². The smallest absolute Gasteiger partial charge is 0.325 e. The van der Waals surface area contributed by atoms with E-state index in [1.54, 1.807) is 36.4 Å². The maximum Gasteiger partial charge on any atom is 0.325 e. The lowest BCUT2D eigenvalue weighted by molar-refractivity contribution is -0.132. The van der Waals surface area contributed by atoms with Crippen molar-refractivity contribution >= 4 is 23.5 Å². The van der Waals surface area contributed by atoms with Crippen molar-refractivity contribution in [2.24, 2.45) is 0 Å². The van der Waals surface area contributed by atoms with E-state index >= 15 is 0 Å². The van der Waals surface area contributed by atoms with Gasteiger partial charge in [-0.15, -0.1) is 0 Å². The van der Waals surface area contributed by atoms with E-state index in [9.17, 15) is 9.59 Å². The first-order valence-electron chi connectivity index (χ1n) is 8.32. The molecule has 2 aliphatic heterocycles. The van der Waals surface area contributed by atoms with E-state index < -0.39 is 11.6 Å². The number of urea groups is 1. The molecule has 4 rings (SSSR count). The summed E-state index contributed by atoms with van der Waals surface area (Å²) in [7, 11) is 0. The number of nitrogens with zero attached hydrogens (tertiary/aromatic N) is 1. The second-order valence-corrected chi connectivity index (χ2v) is 6.71. The van der Waals surface area contributed by atoms with Crippen LogP contribution in [-0.4, -0.2) is 23.6 Å². The summed E-state index contributed by atoms with van der Waals surface area (Å²) >= 11 is 5.95. The molecule has 134 valence electrons. The lowest BCUT2D eigenvalue weighted by atomic mass is 9.87. The third-order valence-corrected chi connectivity index (χ3v) is 5.07. The third-order valence-electron chi connectivity index (χ3n) is 4.82. The van der Waals surface area contributed by atoms with Gasteiger partial charge in [0.1, 0.15) is 5.54 Å². The largest absolute Gasteiger partial charge is 0.454 e. The molecule has 0 radical (unpaired) electrons. The lowest BCUT2D eigenvalue weighted by Gasteiger charge is -2.26. The quantitative estimate of drug-likeness (QED) is 0.835. The summed E-state index contributed by atoms with van der Waals surface area (Å²) in [5.74, 6) is 1.01. The predicted molar refractivity (Wildman–Crippen MR) is 95.1 cm³/mol. The van der Waals surface area contributed by atoms with Gasteiger partial charge in [-0.3, -0.25) is 9.69 Å². The van der Waals surface area contributed by atoms with Crippen LogP contribution in [0.2, 0.25) is 5.02 Å². The summed E-state index contributed by atoms with van der Waals surface area (Å²) in [6.45, 7) is 2.21. The number of hydrogen-bond acceptors (Lipinski definition) is 4. The van der Waals surface area contributed by atoms with Crippen molar-refractivity contribution in [1.29, 1.82) is 0 Å². The van der Waals surface area contributed by atoms with Crippen LogP contribution in [0.3, 0.4) is 0 Å². The number of halogens is 1. The Bertz CT molecular complexity index is 884. The zero-order valence-corrected chi connectivity index (χ0v) is 14.9. The van der Waals surface area contributed by atoms with Crippen LogP contribution in [0.5, 0.6) is 11.5 Å². The van der Waals surface area contributed by atoms with Gasteiger partial charge in [0, 0.05) is 5.02 Å². The topological polar surface area (TPSA) is 67.9 Å². The van der Waals surface area contributed by atoms with Crippen LogP contribution >= 0.6 is 11.6 Å². The highest BCUT2D eigenvalue weighted by Crippen LogP contribution is 2.36. The van der Waals surface area contributed by atoms with E-state index in [-0.39, 0.29) is 19.2 Å². The fourth-order valence-corrected chi connectivity index (χ4v) is 3.49. The maximum absolute atomic E-state index is 13.1. The van der Waals surface area contributed by atoms with E-state index in [4.69, 9.17) is 21.1 Å². The van der Waals surface area contributed by atoms with Gasteiger partial charge in [0.2, 0.25) is 6.79 Å². The fraction of sp³-hybridized carbons (Fsp3) is 0.263. The summed E-state index contributed by atoms with van der Waals surface area (Å²) in [4.78, 5) is 26.9. The average molecular weight is 373 g/mol. The zero-order valence-electron chi connectivity index (χ0n) is 14.1. The van der Waals surface area contributed by atoms with Crippen LogP contribution in [0.1, 0.15) is 24.5 Å². The molecule has 2 heterocycles. The van der Waals surface area contributed by atoms with Crippen molar-refractivity contribution in [3.63, 3.8) is 0 Å². The Morgan fingerprint density at radius 2 is 1.85 bits per heavy atom. The number of amides is 3. The second-order valence-electron chi connectivity index (χ2n) is 6.27. The number of benzene rings is 2. The predicted octanol–water partition coefficient (Wildman–Crippen LogP) is 3.43. The SMILES string of the molecule is CCC1(c2ccc(Cl)cc2)NC(=O)N(Cc2ccc3c(c2)OCO3)C1=O. The Morgan fingerprint density at radius 1 is 1.12 bits per heavy atom. The molecular weight excluding hydrogens is 356 g/mol. The van der Waals surface area contributed by atoms with Crippen molar-refractivity contribution in [2.45, 2.75) is 25.4 Å². The number of carbonyl (C=O) groups excluding carboxylic acids is 2. The van der Waals surface area contributed by atoms with E-state index in [0.717, 1.165) is 11.1 Å². The van der Waals surface area contributed by atoms with Crippen molar-refractivity contribution in [3.05, 3.63) is 58.6 Å². The molecule has 0 aromatic heterocycles. The molecule has 1 N–H and O–H groups in total. The minimum Gasteiger partial charge on any atom is -0.454 e. The highest BCUT2D eigenvalue weighted by molar-refractivity contribution is 6.30. The van der Waals surface area contributed by atoms with Gasteiger partial charge in [0.15, 0.2) is 11.5 Å². The molecular formula is C19H17ClN2O4. The molecule has 1 atom stereocenters. The van der Waals surface area contributed by atoms with Crippen molar-refractivity contribution in [3.8, 4) is 11.5 Å². The molecule has 1 unspecified atom stereocenters. The van der Waals surface area contributed by atoms with Gasteiger partial charge in [-0.2, -0.15) is 0 Å². The average Bonchev–Trinajstić information content (AvgIpc) is 3.20. The van der Waals surface area contributed by atoms with E-state index in [1.807, 2.05) is 13.0 Å². The molecule has 0 aliphatic carbocycles. The number of fused-ring (bicyclic) bond motifs is 1. The molecule has 1 fully saturated rings. The second kappa shape index (κ2) is 6.21. The minimum absolute atomic E-state index is 0.163. The number of rotatable bonds is 4. The maximum atomic E-state index is 13.1. The molecule has 26 heavy (non-hydrogen) atoms. The first-order valence-corrected chi connectivity index (χ1v) is 8.70. The highest BCUT2D eigenvalue weighted by atomic mass is 35.5. The van der Waals surface area contributed by atoms with E-state index in [2.05, 4.69) is 5.32 Å². The fourth-order valence-electron chi connectivity index (χ4n) is 3.37. The molecule has 2 aliphatic rings. The number of nitrogens with one attached hydrogen (secondary N) is 1. The summed E-state index contributed by atoms with van der Waals surface area (Å²) < 4.78 is 10.7. The van der Waals surface area contributed by atoms with Crippen LogP contribution in [-0.2, 0) is 16.9 Å². The van der Waals surface area contributed by atoms with Crippen LogP contribution < -0.4 is 14.8 Å². The Morgan fingerprint density at radius 3 is 2.58 bits per heavy atom. The summed E-state index contributed by atoms with van der Waals surface area (Å²) in [5, 5.41) is 3.44. The van der Waals surface area contributed by atoms with Gasteiger partial charge in [-0.05, 0) is 41.8 Å². The molecule has 3 amide bonds. The van der Waals surface area contributed by atoms with Crippen molar-refractivity contribution in [2.75, 3.05) is 6.79 Å². The molecule has 7 heteroatoms. The van der Waals surface area contributed by atoms with Gasteiger partial charge in [-0.1, -0.05) is 36.7 Å². The van der Waals surface area contributed by atoms with Crippen LogP contribution in [0.4, 0.5) is 4.79 Å². The monoisotopic (exact) mass is 372 g/mol. The molecule has 2 aromatic rings. The Balaban J connectivity index is 1.63. The molecule has 0 bridgehead atoms. The number of hydrogen-bond donors (Lipinski definition) is 1. The first kappa shape index (κ1) is 16.7. The Kier molecular flexibility index (Phi) is 4.00. The van der Waals surface area contributed by atoms with Crippen LogP contribution in [0, 0.1) is 0 Å². The van der Waals surface area contributed by atoms with Gasteiger partial charge >= 0.3 is 6.03 Å². The van der Waals surface area contributed by atoms with Gasteiger partial charge in [-0.25, -0.2) is 4.79 Å². The molecule has 6 nitrogen and oxygen atoms in total. The molecule has 0 saturated carbocycles. The van der Waals surface area contributed by atoms with Gasteiger partial charge in [0.25, 0.3) is 5.91 Å². The van der Waals surface area contributed by atoms with E-state index in [1.165, 1.54) is 4.90 Å². The molecule has 2 aromatic carbocycles. The van der Waals surface area contributed by atoms with Crippen molar-refractivity contribution in [1.82, 2.24) is 10.2 Å². The van der Waals surface area contributed by atoms with Crippen LogP contribution in [0.15, 0.2) is 42.5 Å². The highest BCUT2D eigenvalue weighted by Gasteiger charge is 2.51.